The molecule has 0 aliphatic heterocycles. The highest BCUT2D eigenvalue weighted by atomic mass is 16.3. The molecule has 1 unspecified atom stereocenters. The van der Waals surface area contributed by atoms with Gasteiger partial charge in [0.15, 0.2) is 0 Å². The van der Waals surface area contributed by atoms with Gasteiger partial charge < -0.3 is 5.11 Å². The van der Waals surface area contributed by atoms with Gasteiger partial charge in [-0.05, 0) is 87.4 Å². The van der Waals surface area contributed by atoms with E-state index in [1.165, 1.54) is 44.9 Å². The summed E-state index contributed by atoms with van der Waals surface area (Å²) < 4.78 is 0. The molecule has 4 aliphatic rings. The fourth-order valence-electron chi connectivity index (χ4n) is 6.63. The van der Waals surface area contributed by atoms with Gasteiger partial charge in [0.1, 0.15) is 0 Å². The molecule has 0 bridgehead atoms. The first kappa shape index (κ1) is 14.1. The van der Waals surface area contributed by atoms with E-state index in [0.29, 0.717) is 5.41 Å². The van der Waals surface area contributed by atoms with E-state index in [-0.39, 0.29) is 6.10 Å². The van der Waals surface area contributed by atoms with Crippen LogP contribution < -0.4 is 0 Å². The molecular weight excluding hydrogens is 256 g/mol. The van der Waals surface area contributed by atoms with Crippen LogP contribution in [-0.4, -0.2) is 11.2 Å². The first-order valence-electron chi connectivity index (χ1n) is 9.18. The third-order valence-corrected chi connectivity index (χ3v) is 7.63. The lowest BCUT2D eigenvalue weighted by atomic mass is 9.52. The Balaban J connectivity index is 1.63. The maximum Gasteiger partial charge on any atom is 0.0723 e. The van der Waals surface area contributed by atoms with E-state index in [0.717, 1.165) is 30.1 Å². The van der Waals surface area contributed by atoms with E-state index in [1.54, 1.807) is 11.1 Å². The van der Waals surface area contributed by atoms with Gasteiger partial charge in [-0.25, -0.2) is 0 Å². The highest BCUT2D eigenvalue weighted by Crippen LogP contribution is 2.63. The van der Waals surface area contributed by atoms with Crippen LogP contribution in [0.4, 0.5) is 0 Å². The topological polar surface area (TPSA) is 20.2 Å². The Labute approximate surface area is 129 Å². The third-order valence-electron chi connectivity index (χ3n) is 7.63. The van der Waals surface area contributed by atoms with Gasteiger partial charge >= 0.3 is 0 Å². The summed E-state index contributed by atoms with van der Waals surface area (Å²) in [5, 5.41) is 9.92. The van der Waals surface area contributed by atoms with Gasteiger partial charge in [0.25, 0.3) is 0 Å². The van der Waals surface area contributed by atoms with Crippen molar-refractivity contribution in [2.45, 2.75) is 71.3 Å². The summed E-state index contributed by atoms with van der Waals surface area (Å²) in [7, 11) is 0. The van der Waals surface area contributed by atoms with Crippen LogP contribution in [-0.2, 0) is 0 Å². The summed E-state index contributed by atoms with van der Waals surface area (Å²) in [4.78, 5) is 0. The van der Waals surface area contributed by atoms with Crippen LogP contribution in [0, 0.1) is 29.1 Å². The van der Waals surface area contributed by atoms with Gasteiger partial charge in [0.05, 0.1) is 6.10 Å². The van der Waals surface area contributed by atoms with E-state index in [4.69, 9.17) is 0 Å². The Morgan fingerprint density at radius 1 is 1.10 bits per heavy atom. The van der Waals surface area contributed by atoms with Crippen molar-refractivity contribution in [2.24, 2.45) is 29.1 Å². The molecule has 1 nitrogen and oxygen atoms in total. The van der Waals surface area contributed by atoms with Crippen molar-refractivity contribution < 1.29 is 5.11 Å². The van der Waals surface area contributed by atoms with E-state index >= 15 is 0 Å². The average Bonchev–Trinajstić information content (AvgIpc) is 2.83. The minimum absolute atomic E-state index is 0.150. The maximum atomic E-state index is 9.92. The van der Waals surface area contributed by atoms with E-state index in [2.05, 4.69) is 26.0 Å². The quantitative estimate of drug-likeness (QED) is 0.630. The average molecular weight is 286 g/mol. The second-order valence-electron chi connectivity index (χ2n) is 8.27. The fourth-order valence-corrected chi connectivity index (χ4v) is 6.63. The summed E-state index contributed by atoms with van der Waals surface area (Å²) in [6, 6.07) is 0. The van der Waals surface area contributed by atoms with Crippen molar-refractivity contribution in [1.29, 1.82) is 0 Å². The number of hydrogen-bond donors (Lipinski definition) is 1. The standard InChI is InChI=1S/C20H30O/c1-3-14-5-9-19-18-7-4-13-12-15(21)6-8-16(13)17(18)10-11-20(14,19)2/h3,12,15-19,21H,4-11H2,1-2H3/b14-3+/t15?,16-,17+,18+,19-,20+/m0/s1. The normalized spacial score (nSPS) is 51.1. The largest absolute Gasteiger partial charge is 0.389 e. The molecule has 4 rings (SSSR count). The molecule has 6 atom stereocenters. The molecule has 0 aromatic heterocycles. The summed E-state index contributed by atoms with van der Waals surface area (Å²) in [5.41, 5.74) is 3.89. The number of hydrogen-bond acceptors (Lipinski definition) is 1. The lowest BCUT2D eigenvalue weighted by Crippen LogP contribution is -2.45. The molecule has 0 aromatic rings. The van der Waals surface area contributed by atoms with Crippen LogP contribution in [0.25, 0.3) is 0 Å². The van der Waals surface area contributed by atoms with Gasteiger partial charge in [0, 0.05) is 0 Å². The van der Waals surface area contributed by atoms with Gasteiger partial charge in [-0.15, -0.1) is 0 Å². The number of aliphatic hydroxyl groups is 1. The maximum absolute atomic E-state index is 9.92. The van der Waals surface area contributed by atoms with Crippen molar-refractivity contribution in [1.82, 2.24) is 0 Å². The molecule has 21 heavy (non-hydrogen) atoms. The van der Waals surface area contributed by atoms with Crippen LogP contribution in [0.2, 0.25) is 0 Å². The molecule has 3 saturated carbocycles. The van der Waals surface area contributed by atoms with Crippen molar-refractivity contribution >= 4 is 0 Å². The predicted molar refractivity (Wildman–Crippen MR) is 86.8 cm³/mol. The number of aliphatic hydroxyl groups excluding tert-OH is 1. The molecule has 1 heteroatoms. The summed E-state index contributed by atoms with van der Waals surface area (Å²) in [6.07, 6.45) is 15.0. The Hall–Kier alpha value is -0.560. The monoisotopic (exact) mass is 286 g/mol. The van der Waals surface area contributed by atoms with Gasteiger partial charge in [-0.3, -0.25) is 0 Å². The zero-order valence-corrected chi connectivity index (χ0v) is 13.6. The van der Waals surface area contributed by atoms with Crippen molar-refractivity contribution in [3.05, 3.63) is 23.3 Å². The van der Waals surface area contributed by atoms with Crippen LogP contribution in [0.15, 0.2) is 23.3 Å². The van der Waals surface area contributed by atoms with Crippen LogP contribution >= 0.6 is 0 Å². The number of fused-ring (bicyclic) bond motifs is 5. The van der Waals surface area contributed by atoms with Crippen LogP contribution in [0.5, 0.6) is 0 Å². The molecule has 0 heterocycles. The van der Waals surface area contributed by atoms with E-state index < -0.39 is 0 Å². The first-order chi connectivity index (χ1) is 10.1. The molecule has 3 fully saturated rings. The second-order valence-corrected chi connectivity index (χ2v) is 8.27. The molecule has 116 valence electrons. The van der Waals surface area contributed by atoms with E-state index in [1.807, 2.05) is 0 Å². The van der Waals surface area contributed by atoms with Crippen molar-refractivity contribution in [2.75, 3.05) is 0 Å². The smallest absolute Gasteiger partial charge is 0.0723 e. The molecule has 0 aromatic carbocycles. The summed E-state index contributed by atoms with van der Waals surface area (Å²) >= 11 is 0. The zero-order chi connectivity index (χ0) is 14.6. The van der Waals surface area contributed by atoms with Crippen LogP contribution in [0.3, 0.4) is 0 Å². The number of rotatable bonds is 0. The minimum Gasteiger partial charge on any atom is -0.389 e. The molecule has 0 radical (unpaired) electrons. The van der Waals surface area contributed by atoms with Crippen molar-refractivity contribution in [3.8, 4) is 0 Å². The summed E-state index contributed by atoms with van der Waals surface area (Å²) in [5.74, 6) is 3.63. The fraction of sp³-hybridized carbons (Fsp3) is 0.800. The zero-order valence-electron chi connectivity index (χ0n) is 13.6. The minimum atomic E-state index is -0.150. The first-order valence-corrected chi connectivity index (χ1v) is 9.18. The predicted octanol–water partition coefficient (Wildman–Crippen LogP) is 4.87. The second kappa shape index (κ2) is 4.98. The summed E-state index contributed by atoms with van der Waals surface area (Å²) in [6.45, 7) is 4.81. The molecule has 0 saturated heterocycles. The van der Waals surface area contributed by atoms with Gasteiger partial charge in [-0.1, -0.05) is 30.2 Å². The Bertz CT molecular complexity index is 488. The lowest BCUT2D eigenvalue weighted by molar-refractivity contribution is 0.00827. The van der Waals surface area contributed by atoms with Gasteiger partial charge in [0.2, 0.25) is 0 Å². The van der Waals surface area contributed by atoms with Gasteiger partial charge in [-0.2, -0.15) is 0 Å². The molecule has 0 spiro atoms. The molecule has 0 amide bonds. The highest BCUT2D eigenvalue weighted by Gasteiger charge is 2.53. The molecular formula is C20H30O. The van der Waals surface area contributed by atoms with Crippen LogP contribution in [0.1, 0.15) is 65.2 Å². The highest BCUT2D eigenvalue weighted by molar-refractivity contribution is 5.26. The Kier molecular flexibility index (Phi) is 3.33. The third kappa shape index (κ3) is 2.00. The SMILES string of the molecule is C/C=C1\CC[C@H]2[C@@H]3CCC4=CC(O)CC[C@@H]4[C@H]3CC[C@]12C. The molecule has 4 aliphatic carbocycles. The Morgan fingerprint density at radius 3 is 2.76 bits per heavy atom. The number of allylic oxidation sites excluding steroid dienone is 3. The van der Waals surface area contributed by atoms with Crippen molar-refractivity contribution in [3.63, 3.8) is 0 Å². The van der Waals surface area contributed by atoms with E-state index in [9.17, 15) is 5.11 Å². The Morgan fingerprint density at radius 2 is 1.95 bits per heavy atom. The lowest BCUT2D eigenvalue weighted by Gasteiger charge is -2.53. The molecule has 1 N–H and O–H groups in total.